The summed E-state index contributed by atoms with van der Waals surface area (Å²) in [5, 5.41) is 4.05. The van der Waals surface area contributed by atoms with E-state index in [1.807, 2.05) is 31.2 Å². The second kappa shape index (κ2) is 9.51. The average Bonchev–Trinajstić information content (AvgIpc) is 3.05. The summed E-state index contributed by atoms with van der Waals surface area (Å²) >= 11 is 13.6. The van der Waals surface area contributed by atoms with Crippen molar-refractivity contribution in [1.29, 1.82) is 0 Å². The van der Waals surface area contributed by atoms with Gasteiger partial charge < -0.3 is 14.8 Å². The number of hydrogen-bond donors (Lipinski definition) is 1. The van der Waals surface area contributed by atoms with E-state index in [2.05, 4.69) is 5.32 Å². The fourth-order valence-corrected chi connectivity index (χ4v) is 4.68. The van der Waals surface area contributed by atoms with Crippen molar-refractivity contribution in [2.24, 2.45) is 0 Å². The van der Waals surface area contributed by atoms with Crippen LogP contribution in [0.4, 0.5) is 5.00 Å². The number of esters is 1. The number of thiophene rings is 1. The number of amides is 1. The first kappa shape index (κ1) is 22.2. The molecule has 156 valence electrons. The van der Waals surface area contributed by atoms with Crippen molar-refractivity contribution in [3.05, 3.63) is 68.5 Å². The Balaban J connectivity index is 1.96. The van der Waals surface area contributed by atoms with Crippen molar-refractivity contribution in [1.82, 2.24) is 0 Å². The summed E-state index contributed by atoms with van der Waals surface area (Å²) in [6.45, 7) is 1.89. The van der Waals surface area contributed by atoms with E-state index in [-0.39, 0.29) is 12.3 Å². The maximum absolute atomic E-state index is 12.7. The van der Waals surface area contributed by atoms with Crippen LogP contribution in [0.2, 0.25) is 10.0 Å². The van der Waals surface area contributed by atoms with Gasteiger partial charge >= 0.3 is 5.97 Å². The van der Waals surface area contributed by atoms with Crippen molar-refractivity contribution in [2.45, 2.75) is 13.3 Å². The lowest BCUT2D eigenvalue weighted by Gasteiger charge is -2.10. The van der Waals surface area contributed by atoms with E-state index in [1.54, 1.807) is 25.3 Å². The second-order valence-electron chi connectivity index (χ2n) is 6.38. The highest BCUT2D eigenvalue weighted by Gasteiger charge is 2.25. The van der Waals surface area contributed by atoms with Crippen LogP contribution in [0.1, 0.15) is 20.8 Å². The first-order chi connectivity index (χ1) is 14.3. The number of halogens is 2. The molecule has 1 aromatic heterocycles. The third-order valence-electron chi connectivity index (χ3n) is 4.50. The van der Waals surface area contributed by atoms with Crippen LogP contribution in [0.25, 0.3) is 11.1 Å². The molecule has 30 heavy (non-hydrogen) atoms. The Morgan fingerprint density at radius 1 is 1.03 bits per heavy atom. The number of carbonyl (C=O) groups excluding carboxylic acids is 2. The van der Waals surface area contributed by atoms with Gasteiger partial charge in [0.1, 0.15) is 16.3 Å². The van der Waals surface area contributed by atoms with Gasteiger partial charge in [0.15, 0.2) is 0 Å². The van der Waals surface area contributed by atoms with E-state index in [4.69, 9.17) is 32.7 Å². The molecule has 1 amide bonds. The average molecular weight is 464 g/mol. The van der Waals surface area contributed by atoms with Crippen molar-refractivity contribution >= 4 is 51.4 Å². The van der Waals surface area contributed by atoms with Crippen LogP contribution in [0.5, 0.6) is 5.75 Å². The van der Waals surface area contributed by atoms with E-state index < -0.39 is 5.97 Å². The Morgan fingerprint density at radius 2 is 1.67 bits per heavy atom. The third-order valence-corrected chi connectivity index (χ3v) is 6.23. The lowest BCUT2D eigenvalue weighted by Crippen LogP contribution is -2.16. The highest BCUT2D eigenvalue weighted by molar-refractivity contribution is 7.17. The summed E-state index contributed by atoms with van der Waals surface area (Å²) in [5.74, 6) is -0.162. The van der Waals surface area contributed by atoms with Crippen LogP contribution in [0.3, 0.4) is 0 Å². The van der Waals surface area contributed by atoms with Crippen molar-refractivity contribution in [3.63, 3.8) is 0 Å². The summed E-state index contributed by atoms with van der Waals surface area (Å²) in [6.07, 6.45) is -0.0199. The van der Waals surface area contributed by atoms with E-state index >= 15 is 0 Å². The zero-order chi connectivity index (χ0) is 21.8. The molecule has 0 saturated carbocycles. The molecule has 0 aliphatic rings. The molecular formula is C22H19Cl2NO4S. The molecule has 0 spiro atoms. The highest BCUT2D eigenvalue weighted by Crippen LogP contribution is 2.41. The minimum atomic E-state index is -0.531. The zero-order valence-corrected chi connectivity index (χ0v) is 18.9. The number of ether oxygens (including phenoxy) is 2. The number of aryl methyl sites for hydroxylation is 1. The fourth-order valence-electron chi connectivity index (χ4n) is 3.07. The van der Waals surface area contributed by atoms with Gasteiger partial charge in [-0.15, -0.1) is 11.3 Å². The number of methoxy groups -OCH3 is 2. The molecule has 0 bridgehead atoms. The van der Waals surface area contributed by atoms with E-state index in [0.29, 0.717) is 37.5 Å². The van der Waals surface area contributed by atoms with Crippen LogP contribution in [0.15, 0.2) is 42.5 Å². The van der Waals surface area contributed by atoms with Gasteiger partial charge in [-0.1, -0.05) is 41.4 Å². The third kappa shape index (κ3) is 4.61. The predicted molar refractivity (Wildman–Crippen MR) is 121 cm³/mol. The topological polar surface area (TPSA) is 64.6 Å². The smallest absolute Gasteiger partial charge is 0.341 e. The number of anilines is 1. The number of rotatable bonds is 6. The Kier molecular flexibility index (Phi) is 7.02. The van der Waals surface area contributed by atoms with Crippen LogP contribution in [0, 0.1) is 6.92 Å². The summed E-state index contributed by atoms with van der Waals surface area (Å²) in [5.41, 5.74) is 2.37. The molecule has 0 unspecified atom stereocenters. The van der Waals surface area contributed by atoms with Gasteiger partial charge in [0.25, 0.3) is 0 Å². The van der Waals surface area contributed by atoms with Crippen LogP contribution in [-0.2, 0) is 16.0 Å². The fraction of sp³-hybridized carbons (Fsp3) is 0.182. The maximum Gasteiger partial charge on any atom is 0.341 e. The quantitative estimate of drug-likeness (QED) is 0.454. The van der Waals surface area contributed by atoms with Crippen molar-refractivity contribution in [3.8, 4) is 16.9 Å². The summed E-state index contributed by atoms with van der Waals surface area (Å²) in [4.78, 5) is 26.1. The molecule has 8 heteroatoms. The van der Waals surface area contributed by atoms with Gasteiger partial charge in [-0.2, -0.15) is 0 Å². The minimum Gasteiger partial charge on any atom is -0.497 e. The minimum absolute atomic E-state index is 0.0199. The van der Waals surface area contributed by atoms with Gasteiger partial charge in [-0.25, -0.2) is 4.79 Å². The van der Waals surface area contributed by atoms with Gasteiger partial charge in [-0.05, 0) is 42.3 Å². The van der Waals surface area contributed by atoms with E-state index in [1.165, 1.54) is 18.4 Å². The molecule has 0 aliphatic heterocycles. The van der Waals surface area contributed by atoms with Gasteiger partial charge in [0.2, 0.25) is 5.91 Å². The SMILES string of the molecule is COC(=O)c1c(NC(=O)Cc2c(Cl)cccc2Cl)sc(C)c1-c1ccc(OC)cc1. The summed E-state index contributed by atoms with van der Waals surface area (Å²) in [7, 11) is 2.89. The first-order valence-electron chi connectivity index (χ1n) is 8.94. The molecular weight excluding hydrogens is 445 g/mol. The highest BCUT2D eigenvalue weighted by atomic mass is 35.5. The van der Waals surface area contributed by atoms with Crippen molar-refractivity contribution in [2.75, 3.05) is 19.5 Å². The van der Waals surface area contributed by atoms with Crippen LogP contribution >= 0.6 is 34.5 Å². The van der Waals surface area contributed by atoms with E-state index in [0.717, 1.165) is 10.4 Å². The molecule has 3 rings (SSSR count). The number of nitrogens with one attached hydrogen (secondary N) is 1. The Bertz CT molecular complexity index is 1070. The number of hydrogen-bond acceptors (Lipinski definition) is 5. The maximum atomic E-state index is 12.7. The second-order valence-corrected chi connectivity index (χ2v) is 8.42. The Labute approximate surface area is 188 Å². The summed E-state index contributed by atoms with van der Waals surface area (Å²) in [6, 6.07) is 12.4. The molecule has 0 saturated heterocycles. The Hall–Kier alpha value is -2.54. The molecule has 3 aromatic rings. The molecule has 0 fully saturated rings. The predicted octanol–water partition coefficient (Wildman–Crippen LogP) is 6.01. The van der Waals surface area contributed by atoms with Crippen LogP contribution < -0.4 is 10.1 Å². The monoisotopic (exact) mass is 463 g/mol. The lowest BCUT2D eigenvalue weighted by atomic mass is 10.0. The lowest BCUT2D eigenvalue weighted by molar-refractivity contribution is -0.115. The molecule has 5 nitrogen and oxygen atoms in total. The normalized spacial score (nSPS) is 10.6. The largest absolute Gasteiger partial charge is 0.497 e. The Morgan fingerprint density at radius 3 is 2.23 bits per heavy atom. The molecule has 1 heterocycles. The zero-order valence-electron chi connectivity index (χ0n) is 16.5. The number of benzene rings is 2. The molecule has 2 aromatic carbocycles. The van der Waals surface area contributed by atoms with Crippen molar-refractivity contribution < 1.29 is 19.1 Å². The standard InChI is InChI=1S/C22H19Cl2NO4S/c1-12-19(13-7-9-14(28-2)10-8-13)20(22(27)29-3)21(30-12)25-18(26)11-15-16(23)5-4-6-17(15)24/h4-10H,11H2,1-3H3,(H,25,26). The molecule has 0 radical (unpaired) electrons. The molecule has 0 aliphatic carbocycles. The molecule has 1 N–H and O–H groups in total. The molecule has 0 atom stereocenters. The van der Waals surface area contributed by atoms with Crippen LogP contribution in [-0.4, -0.2) is 26.1 Å². The van der Waals surface area contributed by atoms with E-state index in [9.17, 15) is 9.59 Å². The van der Waals surface area contributed by atoms with Gasteiger partial charge in [0, 0.05) is 20.5 Å². The first-order valence-corrected chi connectivity index (χ1v) is 10.5. The van der Waals surface area contributed by atoms with Gasteiger partial charge in [-0.3, -0.25) is 4.79 Å². The number of carbonyl (C=O) groups is 2. The summed E-state index contributed by atoms with van der Waals surface area (Å²) < 4.78 is 10.2. The van der Waals surface area contributed by atoms with Gasteiger partial charge in [0.05, 0.1) is 20.6 Å².